The lowest BCUT2D eigenvalue weighted by Crippen LogP contribution is -2.04. The minimum absolute atomic E-state index is 0.226. The number of ether oxygens (including phenoxy) is 2. The van der Waals surface area contributed by atoms with Gasteiger partial charge < -0.3 is 9.47 Å². The van der Waals surface area contributed by atoms with E-state index in [0.717, 1.165) is 0 Å². The standard InChI is InChI=1S/C9H10ClN3O2/c1-14-4-5-15-7-2-3-8-11-9(10)12-13(8)6-7/h2-3,6H,4-5H2,1H3. The number of pyridine rings is 1. The molecule has 2 aromatic rings. The lowest BCUT2D eigenvalue weighted by Gasteiger charge is -2.04. The maximum Gasteiger partial charge on any atom is 0.243 e. The first-order chi connectivity index (χ1) is 7.29. The normalized spacial score (nSPS) is 10.8. The van der Waals surface area contributed by atoms with Crippen molar-refractivity contribution >= 4 is 17.2 Å². The molecule has 0 aromatic carbocycles. The van der Waals surface area contributed by atoms with Gasteiger partial charge in [-0.15, -0.1) is 5.10 Å². The predicted octanol–water partition coefficient (Wildman–Crippen LogP) is 1.41. The van der Waals surface area contributed by atoms with Gasteiger partial charge in [0.2, 0.25) is 5.28 Å². The highest BCUT2D eigenvalue weighted by molar-refractivity contribution is 6.28. The van der Waals surface area contributed by atoms with Crippen molar-refractivity contribution in [3.05, 3.63) is 23.6 Å². The van der Waals surface area contributed by atoms with E-state index in [-0.39, 0.29) is 5.28 Å². The molecule has 0 amide bonds. The van der Waals surface area contributed by atoms with Crippen molar-refractivity contribution < 1.29 is 9.47 Å². The molecule has 0 radical (unpaired) electrons. The number of hydrogen-bond acceptors (Lipinski definition) is 4. The molecule has 2 rings (SSSR count). The van der Waals surface area contributed by atoms with E-state index in [0.29, 0.717) is 24.6 Å². The van der Waals surface area contributed by atoms with E-state index in [1.54, 1.807) is 23.9 Å². The average molecular weight is 228 g/mol. The van der Waals surface area contributed by atoms with Crippen LogP contribution in [0.15, 0.2) is 18.3 Å². The van der Waals surface area contributed by atoms with E-state index in [1.807, 2.05) is 6.07 Å². The Bertz CT molecular complexity index is 458. The van der Waals surface area contributed by atoms with Crippen LogP contribution in [0.4, 0.5) is 0 Å². The molecular formula is C9H10ClN3O2. The Morgan fingerprint density at radius 2 is 2.27 bits per heavy atom. The van der Waals surface area contributed by atoms with Gasteiger partial charge in [-0.25, -0.2) is 4.52 Å². The van der Waals surface area contributed by atoms with Crippen LogP contribution in [0.1, 0.15) is 0 Å². The number of hydrogen-bond donors (Lipinski definition) is 0. The fourth-order valence-corrected chi connectivity index (χ4v) is 1.33. The molecule has 0 aliphatic heterocycles. The third kappa shape index (κ3) is 2.37. The highest BCUT2D eigenvalue weighted by Gasteiger charge is 2.01. The van der Waals surface area contributed by atoms with Gasteiger partial charge in [0, 0.05) is 7.11 Å². The second-order valence-corrected chi connectivity index (χ2v) is 3.23. The van der Waals surface area contributed by atoms with E-state index in [9.17, 15) is 0 Å². The predicted molar refractivity (Wildman–Crippen MR) is 55.4 cm³/mol. The quantitative estimate of drug-likeness (QED) is 0.741. The summed E-state index contributed by atoms with van der Waals surface area (Å²) in [7, 11) is 1.63. The number of halogens is 1. The van der Waals surface area contributed by atoms with Crippen molar-refractivity contribution in [1.29, 1.82) is 0 Å². The van der Waals surface area contributed by atoms with Crippen molar-refractivity contribution in [2.24, 2.45) is 0 Å². The third-order valence-corrected chi connectivity index (χ3v) is 1.99. The summed E-state index contributed by atoms with van der Waals surface area (Å²) in [6, 6.07) is 3.61. The van der Waals surface area contributed by atoms with Crippen LogP contribution in [0, 0.1) is 0 Å². The van der Waals surface area contributed by atoms with Crippen LogP contribution in [0.5, 0.6) is 5.75 Å². The van der Waals surface area contributed by atoms with Crippen LogP contribution < -0.4 is 4.74 Å². The summed E-state index contributed by atoms with van der Waals surface area (Å²) in [5.74, 6) is 0.709. The molecule has 80 valence electrons. The summed E-state index contributed by atoms with van der Waals surface area (Å²) in [5.41, 5.74) is 0.694. The van der Waals surface area contributed by atoms with Crippen LogP contribution in [0.25, 0.3) is 5.65 Å². The summed E-state index contributed by atoms with van der Waals surface area (Å²) >= 11 is 5.66. The van der Waals surface area contributed by atoms with Crippen LogP contribution in [0.2, 0.25) is 5.28 Å². The minimum Gasteiger partial charge on any atom is -0.490 e. The molecule has 0 aliphatic carbocycles. The second-order valence-electron chi connectivity index (χ2n) is 2.89. The summed E-state index contributed by atoms with van der Waals surface area (Å²) in [4.78, 5) is 3.99. The highest BCUT2D eigenvalue weighted by Crippen LogP contribution is 2.13. The summed E-state index contributed by atoms with van der Waals surface area (Å²) in [5, 5.41) is 4.19. The maximum atomic E-state index is 5.66. The smallest absolute Gasteiger partial charge is 0.243 e. The first-order valence-corrected chi connectivity index (χ1v) is 4.81. The van der Waals surface area contributed by atoms with Crippen molar-refractivity contribution in [3.63, 3.8) is 0 Å². The molecule has 5 nitrogen and oxygen atoms in total. The van der Waals surface area contributed by atoms with Crippen molar-refractivity contribution in [2.45, 2.75) is 0 Å². The molecule has 0 saturated heterocycles. The van der Waals surface area contributed by atoms with Crippen molar-refractivity contribution in [3.8, 4) is 5.75 Å². The van der Waals surface area contributed by atoms with Gasteiger partial charge in [-0.3, -0.25) is 0 Å². The summed E-state index contributed by atoms with van der Waals surface area (Å²) in [6.07, 6.45) is 1.73. The molecule has 0 atom stereocenters. The lowest BCUT2D eigenvalue weighted by molar-refractivity contribution is 0.146. The number of methoxy groups -OCH3 is 1. The zero-order chi connectivity index (χ0) is 10.7. The lowest BCUT2D eigenvalue weighted by atomic mass is 10.4. The van der Waals surface area contributed by atoms with Gasteiger partial charge in [-0.2, -0.15) is 4.98 Å². The molecule has 6 heteroatoms. The van der Waals surface area contributed by atoms with E-state index in [4.69, 9.17) is 21.1 Å². The van der Waals surface area contributed by atoms with E-state index in [2.05, 4.69) is 10.1 Å². The van der Waals surface area contributed by atoms with Gasteiger partial charge in [0.25, 0.3) is 0 Å². The topological polar surface area (TPSA) is 48.7 Å². The molecule has 0 saturated carbocycles. The van der Waals surface area contributed by atoms with Gasteiger partial charge in [-0.05, 0) is 23.7 Å². The van der Waals surface area contributed by atoms with Gasteiger partial charge >= 0.3 is 0 Å². The Labute approximate surface area is 91.6 Å². The van der Waals surface area contributed by atoms with E-state index in [1.165, 1.54) is 0 Å². The van der Waals surface area contributed by atoms with Crippen LogP contribution in [-0.2, 0) is 4.74 Å². The van der Waals surface area contributed by atoms with Crippen molar-refractivity contribution in [2.75, 3.05) is 20.3 Å². The molecule has 2 aromatic heterocycles. The molecule has 0 N–H and O–H groups in total. The Balaban J connectivity index is 2.15. The maximum absolute atomic E-state index is 5.66. The second kappa shape index (κ2) is 4.46. The molecule has 0 spiro atoms. The Kier molecular flexibility index (Phi) is 3.03. The van der Waals surface area contributed by atoms with Crippen LogP contribution >= 0.6 is 11.6 Å². The summed E-state index contributed by atoms with van der Waals surface area (Å²) < 4.78 is 11.9. The highest BCUT2D eigenvalue weighted by atomic mass is 35.5. The molecule has 15 heavy (non-hydrogen) atoms. The zero-order valence-electron chi connectivity index (χ0n) is 8.18. The number of nitrogens with zero attached hydrogens (tertiary/aromatic N) is 3. The van der Waals surface area contributed by atoms with Gasteiger partial charge in [0.05, 0.1) is 12.8 Å². The monoisotopic (exact) mass is 227 g/mol. The molecular weight excluding hydrogens is 218 g/mol. The fourth-order valence-electron chi connectivity index (χ4n) is 1.17. The van der Waals surface area contributed by atoms with Gasteiger partial charge in [-0.1, -0.05) is 0 Å². The molecule has 0 bridgehead atoms. The number of aromatic nitrogens is 3. The molecule has 0 unspecified atom stereocenters. The zero-order valence-corrected chi connectivity index (χ0v) is 8.94. The first-order valence-electron chi connectivity index (χ1n) is 4.43. The van der Waals surface area contributed by atoms with Crippen LogP contribution in [-0.4, -0.2) is 34.9 Å². The van der Waals surface area contributed by atoms with Crippen LogP contribution in [0.3, 0.4) is 0 Å². The van der Waals surface area contributed by atoms with Gasteiger partial charge in [0.1, 0.15) is 12.4 Å². The Morgan fingerprint density at radius 3 is 3.07 bits per heavy atom. The SMILES string of the molecule is COCCOc1ccc2nc(Cl)nn2c1. The van der Waals surface area contributed by atoms with E-state index >= 15 is 0 Å². The largest absolute Gasteiger partial charge is 0.490 e. The van der Waals surface area contributed by atoms with E-state index < -0.39 is 0 Å². The number of fused-ring (bicyclic) bond motifs is 1. The van der Waals surface area contributed by atoms with Crippen molar-refractivity contribution in [1.82, 2.24) is 14.6 Å². The van der Waals surface area contributed by atoms with Gasteiger partial charge in [0.15, 0.2) is 5.65 Å². The first kappa shape index (κ1) is 10.2. The average Bonchev–Trinajstić information content (AvgIpc) is 2.57. The summed E-state index contributed by atoms with van der Waals surface area (Å²) in [6.45, 7) is 1.06. The molecule has 0 aliphatic rings. The fraction of sp³-hybridized carbons (Fsp3) is 0.333. The number of rotatable bonds is 4. The third-order valence-electron chi connectivity index (χ3n) is 1.83. The minimum atomic E-state index is 0.226. The Morgan fingerprint density at radius 1 is 1.40 bits per heavy atom. The molecule has 0 fully saturated rings. The molecule has 2 heterocycles. The Hall–Kier alpha value is -1.33.